The van der Waals surface area contributed by atoms with Crippen LogP contribution in [0.3, 0.4) is 0 Å². The summed E-state index contributed by atoms with van der Waals surface area (Å²) in [6, 6.07) is 0. The van der Waals surface area contributed by atoms with Gasteiger partial charge in [0.05, 0.1) is 11.0 Å². The minimum absolute atomic E-state index is 0.455. The molecule has 1 heterocycles. The van der Waals surface area contributed by atoms with Gasteiger partial charge in [0.15, 0.2) is 4.47 Å². The molecule has 5 heteroatoms. The quantitative estimate of drug-likeness (QED) is 0.756. The third kappa shape index (κ3) is 2.41. The zero-order valence-electron chi connectivity index (χ0n) is 5.83. The highest BCUT2D eigenvalue weighted by Gasteiger charge is 2.09. The van der Waals surface area contributed by atoms with E-state index in [-0.39, 0.29) is 0 Å². The fraction of sp³-hybridized carbons (Fsp3) is 0.500. The van der Waals surface area contributed by atoms with Gasteiger partial charge in [-0.25, -0.2) is 4.98 Å². The van der Waals surface area contributed by atoms with E-state index in [9.17, 15) is 5.11 Å². The van der Waals surface area contributed by atoms with Crippen molar-refractivity contribution in [3.05, 3.63) is 15.5 Å². The van der Waals surface area contributed by atoms with Gasteiger partial charge in [0, 0.05) is 6.20 Å². The molecule has 0 radical (unpaired) electrons. The van der Waals surface area contributed by atoms with Crippen molar-refractivity contribution in [1.29, 1.82) is 0 Å². The van der Waals surface area contributed by atoms with Crippen molar-refractivity contribution in [2.45, 2.75) is 12.5 Å². The molecule has 3 N–H and O–H groups in total. The smallest absolute Gasteiger partial charge is 0.183 e. The maximum absolute atomic E-state index is 9.37. The minimum atomic E-state index is -0.509. The first-order valence-electron chi connectivity index (χ1n) is 3.23. The van der Waals surface area contributed by atoms with Crippen LogP contribution in [0.4, 0.5) is 0 Å². The second-order valence-corrected chi connectivity index (χ2v) is 3.75. The number of rotatable bonds is 3. The van der Waals surface area contributed by atoms with Crippen LogP contribution in [0.2, 0.25) is 4.47 Å². The van der Waals surface area contributed by atoms with E-state index in [1.807, 2.05) is 0 Å². The summed E-state index contributed by atoms with van der Waals surface area (Å²) in [5, 5.41) is 9.37. The molecular weight excluding hydrogens is 184 g/mol. The molecule has 0 bridgehead atoms. The summed E-state index contributed by atoms with van der Waals surface area (Å²) in [4.78, 5) is 4.58. The molecule has 1 atom stereocenters. The van der Waals surface area contributed by atoms with Crippen molar-refractivity contribution >= 4 is 22.9 Å². The van der Waals surface area contributed by atoms with Crippen LogP contribution in [0.1, 0.15) is 17.4 Å². The van der Waals surface area contributed by atoms with Crippen molar-refractivity contribution in [3.8, 4) is 0 Å². The van der Waals surface area contributed by atoms with E-state index < -0.39 is 6.10 Å². The molecule has 0 aliphatic rings. The van der Waals surface area contributed by atoms with Crippen molar-refractivity contribution in [3.63, 3.8) is 0 Å². The molecule has 3 nitrogen and oxygen atoms in total. The second kappa shape index (κ2) is 4.01. The Hall–Kier alpha value is -0.160. The summed E-state index contributed by atoms with van der Waals surface area (Å²) >= 11 is 6.85. The van der Waals surface area contributed by atoms with Gasteiger partial charge in [-0.2, -0.15) is 0 Å². The van der Waals surface area contributed by atoms with Gasteiger partial charge in [0.1, 0.15) is 0 Å². The molecule has 0 unspecified atom stereocenters. The number of aliphatic hydroxyl groups excluding tert-OH is 1. The van der Waals surface area contributed by atoms with Gasteiger partial charge in [0.25, 0.3) is 0 Å². The van der Waals surface area contributed by atoms with Crippen LogP contribution in [0.5, 0.6) is 0 Å². The molecule has 1 aromatic rings. The molecule has 0 aliphatic heterocycles. The molecular formula is C6H9ClN2OS. The Morgan fingerprint density at radius 3 is 3.00 bits per heavy atom. The van der Waals surface area contributed by atoms with Crippen molar-refractivity contribution < 1.29 is 5.11 Å². The van der Waals surface area contributed by atoms with E-state index in [0.717, 1.165) is 4.88 Å². The normalized spacial score (nSPS) is 13.4. The lowest BCUT2D eigenvalue weighted by atomic mass is 10.2. The molecule has 0 spiro atoms. The molecule has 11 heavy (non-hydrogen) atoms. The maximum atomic E-state index is 9.37. The third-order valence-corrected chi connectivity index (χ3v) is 2.48. The van der Waals surface area contributed by atoms with Gasteiger partial charge in [-0.05, 0) is 13.0 Å². The van der Waals surface area contributed by atoms with Crippen LogP contribution < -0.4 is 5.73 Å². The van der Waals surface area contributed by atoms with E-state index in [4.69, 9.17) is 17.3 Å². The van der Waals surface area contributed by atoms with E-state index in [2.05, 4.69) is 4.98 Å². The first-order chi connectivity index (χ1) is 5.24. The maximum Gasteiger partial charge on any atom is 0.183 e. The Morgan fingerprint density at radius 1 is 1.82 bits per heavy atom. The van der Waals surface area contributed by atoms with E-state index in [1.165, 1.54) is 11.3 Å². The molecule has 0 fully saturated rings. The van der Waals surface area contributed by atoms with E-state index >= 15 is 0 Å². The second-order valence-electron chi connectivity index (χ2n) is 2.11. The summed E-state index contributed by atoms with van der Waals surface area (Å²) in [5.41, 5.74) is 5.26. The van der Waals surface area contributed by atoms with Crippen LogP contribution in [-0.4, -0.2) is 16.6 Å². The Kier molecular flexibility index (Phi) is 3.26. The zero-order chi connectivity index (χ0) is 8.27. The lowest BCUT2D eigenvalue weighted by Gasteiger charge is -2.03. The number of hydrogen-bond acceptors (Lipinski definition) is 4. The Labute approximate surface area is 73.8 Å². The molecule has 0 aliphatic carbocycles. The fourth-order valence-corrected chi connectivity index (χ4v) is 1.69. The molecule has 0 saturated carbocycles. The Balaban J connectivity index is 2.60. The highest BCUT2D eigenvalue weighted by Crippen LogP contribution is 2.25. The average molecular weight is 193 g/mol. The summed E-state index contributed by atoms with van der Waals surface area (Å²) in [5.74, 6) is 0. The van der Waals surface area contributed by atoms with Crippen LogP contribution in [0, 0.1) is 0 Å². The number of aliphatic hydroxyl groups is 1. The van der Waals surface area contributed by atoms with Crippen LogP contribution in [0.15, 0.2) is 6.20 Å². The predicted octanol–water partition coefficient (Wildman–Crippen LogP) is 1.18. The summed E-state index contributed by atoms with van der Waals surface area (Å²) in [6.45, 7) is 0.469. The summed E-state index contributed by atoms with van der Waals surface area (Å²) < 4.78 is 0.455. The molecule has 62 valence electrons. The number of nitrogens with two attached hydrogens (primary N) is 1. The number of halogens is 1. The van der Waals surface area contributed by atoms with Gasteiger partial charge >= 0.3 is 0 Å². The topological polar surface area (TPSA) is 59.1 Å². The van der Waals surface area contributed by atoms with E-state index in [0.29, 0.717) is 17.4 Å². The number of aromatic nitrogens is 1. The highest BCUT2D eigenvalue weighted by molar-refractivity contribution is 7.15. The van der Waals surface area contributed by atoms with Crippen LogP contribution in [-0.2, 0) is 0 Å². The fourth-order valence-electron chi connectivity index (χ4n) is 0.719. The van der Waals surface area contributed by atoms with E-state index in [1.54, 1.807) is 6.20 Å². The molecule has 0 aromatic carbocycles. The Bertz CT molecular complexity index is 228. The first-order valence-corrected chi connectivity index (χ1v) is 4.43. The zero-order valence-corrected chi connectivity index (χ0v) is 7.40. The van der Waals surface area contributed by atoms with Gasteiger partial charge in [0.2, 0.25) is 0 Å². The SMILES string of the molecule is NCC[C@@H](O)c1cnc(Cl)s1. The number of nitrogens with zero attached hydrogens (tertiary/aromatic N) is 1. The lowest BCUT2D eigenvalue weighted by molar-refractivity contribution is 0.174. The van der Waals surface area contributed by atoms with Crippen molar-refractivity contribution in [1.82, 2.24) is 4.98 Å². The minimum Gasteiger partial charge on any atom is -0.387 e. The molecule has 1 rings (SSSR count). The highest BCUT2D eigenvalue weighted by atomic mass is 35.5. The summed E-state index contributed by atoms with van der Waals surface area (Å²) in [7, 11) is 0. The summed E-state index contributed by atoms with van der Waals surface area (Å²) in [6.07, 6.45) is 1.62. The molecule has 0 saturated heterocycles. The predicted molar refractivity (Wildman–Crippen MR) is 45.8 cm³/mol. The largest absolute Gasteiger partial charge is 0.387 e. The molecule has 1 aromatic heterocycles. The van der Waals surface area contributed by atoms with Gasteiger partial charge in [-0.3, -0.25) is 0 Å². The number of hydrogen-bond donors (Lipinski definition) is 2. The van der Waals surface area contributed by atoms with Crippen molar-refractivity contribution in [2.75, 3.05) is 6.54 Å². The standard InChI is InChI=1S/C6H9ClN2OS/c7-6-9-3-5(11-6)4(10)1-2-8/h3-4,10H,1-2,8H2/t4-/m1/s1. The average Bonchev–Trinajstić information content (AvgIpc) is 2.36. The Morgan fingerprint density at radius 2 is 2.55 bits per heavy atom. The van der Waals surface area contributed by atoms with Crippen LogP contribution in [0.25, 0.3) is 0 Å². The number of thiazole rings is 1. The van der Waals surface area contributed by atoms with Gasteiger partial charge < -0.3 is 10.8 Å². The lowest BCUT2D eigenvalue weighted by Crippen LogP contribution is -2.05. The molecule has 0 amide bonds. The van der Waals surface area contributed by atoms with Crippen LogP contribution >= 0.6 is 22.9 Å². The van der Waals surface area contributed by atoms with Crippen molar-refractivity contribution in [2.24, 2.45) is 5.73 Å². The first kappa shape index (κ1) is 8.93. The third-order valence-electron chi connectivity index (χ3n) is 1.26. The van der Waals surface area contributed by atoms with Gasteiger partial charge in [-0.1, -0.05) is 11.6 Å². The monoisotopic (exact) mass is 192 g/mol. The van der Waals surface area contributed by atoms with Gasteiger partial charge in [-0.15, -0.1) is 11.3 Å².